The van der Waals surface area contributed by atoms with Gasteiger partial charge < -0.3 is 19.4 Å². The number of nitriles is 1. The second-order valence-electron chi connectivity index (χ2n) is 10.6. The summed E-state index contributed by atoms with van der Waals surface area (Å²) in [5.41, 5.74) is 1.79. The van der Waals surface area contributed by atoms with Crippen LogP contribution in [-0.4, -0.2) is 74.9 Å². The second-order valence-corrected chi connectivity index (χ2v) is 10.6. The summed E-state index contributed by atoms with van der Waals surface area (Å²) in [7, 11) is 2.11. The average molecular weight is 489 g/mol. The van der Waals surface area contributed by atoms with Crippen LogP contribution in [0.5, 0.6) is 0 Å². The molecule has 10 heteroatoms. The van der Waals surface area contributed by atoms with Crippen LogP contribution in [0.15, 0.2) is 30.9 Å². The Hall–Kier alpha value is -3.87. The third-order valence-electron chi connectivity index (χ3n) is 6.69. The normalized spacial score (nSPS) is 18.3. The fourth-order valence-electron chi connectivity index (χ4n) is 4.73. The molecule has 3 aromatic heterocycles. The van der Waals surface area contributed by atoms with Gasteiger partial charge in [0.2, 0.25) is 0 Å². The molecule has 5 rings (SSSR count). The average Bonchev–Trinajstić information content (AvgIpc) is 3.62. The molecule has 188 valence electrons. The van der Waals surface area contributed by atoms with E-state index in [1.165, 1.54) is 0 Å². The van der Waals surface area contributed by atoms with Gasteiger partial charge in [-0.25, -0.2) is 19.7 Å². The van der Waals surface area contributed by atoms with Crippen molar-refractivity contribution in [1.82, 2.24) is 24.4 Å². The van der Waals surface area contributed by atoms with Crippen molar-refractivity contribution >= 4 is 28.6 Å². The van der Waals surface area contributed by atoms with Crippen LogP contribution in [0.3, 0.4) is 0 Å². The predicted octanol–water partition coefficient (Wildman–Crippen LogP) is 3.73. The molecular formula is C26H32N8O2. The van der Waals surface area contributed by atoms with Gasteiger partial charge in [0.05, 0.1) is 22.7 Å². The van der Waals surface area contributed by atoms with E-state index in [1.54, 1.807) is 29.6 Å². The lowest BCUT2D eigenvalue weighted by Crippen LogP contribution is -2.54. The lowest BCUT2D eigenvalue weighted by atomic mass is 10.1. The number of hydrogen-bond donors (Lipinski definition) is 0. The van der Waals surface area contributed by atoms with Crippen LogP contribution in [0, 0.1) is 11.3 Å². The molecule has 0 aromatic carbocycles. The summed E-state index contributed by atoms with van der Waals surface area (Å²) in [6, 6.07) is 6.17. The number of nitrogens with zero attached hydrogens (tertiary/aromatic N) is 8. The van der Waals surface area contributed by atoms with E-state index in [2.05, 4.69) is 39.8 Å². The van der Waals surface area contributed by atoms with E-state index in [0.29, 0.717) is 37.1 Å². The zero-order chi connectivity index (χ0) is 25.6. The highest BCUT2D eigenvalue weighted by Gasteiger charge is 2.34. The van der Waals surface area contributed by atoms with Crippen LogP contribution in [0.25, 0.3) is 16.9 Å². The summed E-state index contributed by atoms with van der Waals surface area (Å²) in [5.74, 6) is 1.48. The Morgan fingerprint density at radius 2 is 2.00 bits per heavy atom. The van der Waals surface area contributed by atoms with Gasteiger partial charge in [-0.05, 0) is 52.7 Å². The maximum Gasteiger partial charge on any atom is 0.410 e. The first-order valence-corrected chi connectivity index (χ1v) is 12.4. The standard InChI is InChI=1S/C26H32N8O2/c1-17-14-32(25(35)36-26(2,3)4)10-11-33(17)23-22-20(31(5)19-6-7-19)15-34(24(22)30-16-29-23)21-12-18(13-27)8-9-28-21/h8-9,12,15-17,19H,6-7,10-11,14H2,1-5H3/t17-/m0/s1. The number of pyridine rings is 1. The van der Waals surface area contributed by atoms with Crippen LogP contribution in [0.4, 0.5) is 16.3 Å². The minimum absolute atomic E-state index is 0.0341. The summed E-state index contributed by atoms with van der Waals surface area (Å²) in [6.45, 7) is 9.46. The van der Waals surface area contributed by atoms with E-state index in [9.17, 15) is 10.1 Å². The van der Waals surface area contributed by atoms with Crippen molar-refractivity contribution in [3.8, 4) is 11.9 Å². The molecule has 0 bridgehead atoms. The molecular weight excluding hydrogens is 456 g/mol. The molecule has 0 radical (unpaired) electrons. The van der Waals surface area contributed by atoms with Crippen LogP contribution in [0.1, 0.15) is 46.1 Å². The number of anilines is 2. The van der Waals surface area contributed by atoms with Crippen molar-refractivity contribution in [1.29, 1.82) is 5.26 Å². The van der Waals surface area contributed by atoms with Gasteiger partial charge in [-0.15, -0.1) is 0 Å². The third-order valence-corrected chi connectivity index (χ3v) is 6.69. The summed E-state index contributed by atoms with van der Waals surface area (Å²) in [5, 5.41) is 10.4. The van der Waals surface area contributed by atoms with Crippen molar-refractivity contribution in [3.63, 3.8) is 0 Å². The Morgan fingerprint density at radius 1 is 1.22 bits per heavy atom. The summed E-state index contributed by atoms with van der Waals surface area (Å²) < 4.78 is 7.54. The Balaban J connectivity index is 1.54. The van der Waals surface area contributed by atoms with Gasteiger partial charge in [0.1, 0.15) is 23.6 Å². The predicted molar refractivity (Wildman–Crippen MR) is 137 cm³/mol. The molecule has 1 saturated carbocycles. The van der Waals surface area contributed by atoms with Gasteiger partial charge in [-0.3, -0.25) is 4.57 Å². The molecule has 2 fully saturated rings. The molecule has 3 aromatic rings. The van der Waals surface area contributed by atoms with Crippen molar-refractivity contribution in [2.75, 3.05) is 36.5 Å². The number of ether oxygens (including phenoxy) is 1. The van der Waals surface area contributed by atoms with Crippen molar-refractivity contribution in [3.05, 3.63) is 36.4 Å². The Labute approximate surface area is 211 Å². The molecule has 1 saturated heterocycles. The van der Waals surface area contributed by atoms with Crippen LogP contribution < -0.4 is 9.80 Å². The number of piperazine rings is 1. The van der Waals surface area contributed by atoms with E-state index < -0.39 is 5.60 Å². The highest BCUT2D eigenvalue weighted by Crippen LogP contribution is 2.40. The fraction of sp³-hybridized carbons (Fsp3) is 0.500. The van der Waals surface area contributed by atoms with E-state index in [1.807, 2.05) is 31.5 Å². The number of fused-ring (bicyclic) bond motifs is 1. The number of amides is 1. The molecule has 10 nitrogen and oxygen atoms in total. The molecule has 2 aliphatic rings. The van der Waals surface area contributed by atoms with Crippen LogP contribution >= 0.6 is 0 Å². The lowest BCUT2D eigenvalue weighted by Gasteiger charge is -2.41. The first-order valence-electron chi connectivity index (χ1n) is 12.4. The summed E-state index contributed by atoms with van der Waals surface area (Å²) >= 11 is 0. The van der Waals surface area contributed by atoms with Gasteiger partial charge >= 0.3 is 6.09 Å². The quantitative estimate of drug-likeness (QED) is 0.547. The van der Waals surface area contributed by atoms with Gasteiger partial charge in [0.25, 0.3) is 0 Å². The molecule has 0 unspecified atom stereocenters. The Kier molecular flexibility index (Phi) is 5.94. The van der Waals surface area contributed by atoms with E-state index >= 15 is 0 Å². The third kappa shape index (κ3) is 4.53. The molecule has 4 heterocycles. The van der Waals surface area contributed by atoms with Gasteiger partial charge in [-0.1, -0.05) is 0 Å². The van der Waals surface area contributed by atoms with Gasteiger partial charge in [0.15, 0.2) is 5.65 Å². The summed E-state index contributed by atoms with van der Waals surface area (Å²) in [6.07, 6.45) is 7.29. The zero-order valence-corrected chi connectivity index (χ0v) is 21.5. The van der Waals surface area contributed by atoms with Crippen molar-refractivity contribution in [2.45, 2.75) is 58.2 Å². The number of carbonyl (C=O) groups excluding carboxylic acids is 1. The first kappa shape index (κ1) is 23.9. The topological polar surface area (TPSA) is 103 Å². The molecule has 0 N–H and O–H groups in total. The smallest absolute Gasteiger partial charge is 0.410 e. The second kappa shape index (κ2) is 8.97. The minimum Gasteiger partial charge on any atom is -0.444 e. The SMILES string of the molecule is C[C@H]1CN(C(=O)OC(C)(C)C)CCN1c1ncnc2c1c(N(C)C1CC1)cn2-c1cc(C#N)ccn1. The monoisotopic (exact) mass is 488 g/mol. The van der Waals surface area contributed by atoms with Gasteiger partial charge in [-0.2, -0.15) is 5.26 Å². The van der Waals surface area contributed by atoms with Crippen molar-refractivity contribution < 1.29 is 9.53 Å². The van der Waals surface area contributed by atoms with Crippen LogP contribution in [0.2, 0.25) is 0 Å². The Bertz CT molecular complexity index is 1330. The highest BCUT2D eigenvalue weighted by atomic mass is 16.6. The maximum absolute atomic E-state index is 12.7. The maximum atomic E-state index is 12.7. The number of aromatic nitrogens is 4. The van der Waals surface area contributed by atoms with Crippen LogP contribution in [-0.2, 0) is 4.74 Å². The highest BCUT2D eigenvalue weighted by molar-refractivity contribution is 6.00. The summed E-state index contributed by atoms with van der Waals surface area (Å²) in [4.78, 5) is 32.9. The molecule has 1 atom stereocenters. The molecule has 1 amide bonds. The fourth-order valence-corrected chi connectivity index (χ4v) is 4.73. The van der Waals surface area contributed by atoms with Crippen molar-refractivity contribution in [2.24, 2.45) is 0 Å². The van der Waals surface area contributed by atoms with Gasteiger partial charge in [0, 0.05) is 51.2 Å². The number of hydrogen-bond acceptors (Lipinski definition) is 8. The first-order chi connectivity index (χ1) is 17.2. The molecule has 0 spiro atoms. The largest absolute Gasteiger partial charge is 0.444 e. The van der Waals surface area contributed by atoms with E-state index in [4.69, 9.17) is 9.72 Å². The molecule has 1 aliphatic carbocycles. The molecule has 36 heavy (non-hydrogen) atoms. The number of carbonyl (C=O) groups is 1. The van der Waals surface area contributed by atoms with E-state index in [-0.39, 0.29) is 12.1 Å². The molecule has 1 aliphatic heterocycles. The number of rotatable bonds is 4. The Morgan fingerprint density at radius 3 is 2.67 bits per heavy atom. The minimum atomic E-state index is -0.529. The lowest BCUT2D eigenvalue weighted by molar-refractivity contribution is 0.0218. The van der Waals surface area contributed by atoms with E-state index in [0.717, 1.165) is 35.4 Å². The zero-order valence-electron chi connectivity index (χ0n) is 21.5.